The molecule has 1 aromatic carbocycles. The summed E-state index contributed by atoms with van der Waals surface area (Å²) in [4.78, 5) is 64.5. The first-order valence-electron chi connectivity index (χ1n) is 19.4. The van der Waals surface area contributed by atoms with E-state index in [1.807, 2.05) is 4.90 Å². The number of nitrogens with two attached hydrogens (primary N) is 1. The highest BCUT2D eigenvalue weighted by molar-refractivity contribution is 6.34. The van der Waals surface area contributed by atoms with E-state index in [-0.39, 0.29) is 63.5 Å². The number of hydrogen-bond acceptors (Lipinski definition) is 10. The molecule has 3 aliphatic heterocycles. The van der Waals surface area contributed by atoms with Crippen LogP contribution >= 0.6 is 11.6 Å². The Labute approximate surface area is 341 Å². The predicted molar refractivity (Wildman–Crippen MR) is 206 cm³/mol. The number of carboxylic acids is 1. The summed E-state index contributed by atoms with van der Waals surface area (Å²) in [5, 5.41) is 21.3. The van der Waals surface area contributed by atoms with Crippen LogP contribution in [0.25, 0.3) is 17.1 Å². The molecule has 0 radical (unpaired) electrons. The van der Waals surface area contributed by atoms with Crippen LogP contribution in [-0.2, 0) is 22.8 Å². The molecule has 6 heterocycles. The van der Waals surface area contributed by atoms with Gasteiger partial charge in [0.15, 0.2) is 17.3 Å². The molecule has 1 aliphatic carbocycles. The van der Waals surface area contributed by atoms with Crippen molar-refractivity contribution in [2.75, 3.05) is 70.0 Å². The van der Waals surface area contributed by atoms with Crippen molar-refractivity contribution in [2.24, 2.45) is 18.9 Å². The molecule has 3 saturated heterocycles. The van der Waals surface area contributed by atoms with Crippen LogP contribution in [0, 0.1) is 11.8 Å². The number of benzene rings is 1. The zero-order valence-electron chi connectivity index (χ0n) is 32.2. The lowest BCUT2D eigenvalue weighted by molar-refractivity contribution is -0.931. The van der Waals surface area contributed by atoms with Crippen LogP contribution in [0.2, 0.25) is 5.02 Å². The highest BCUT2D eigenvalue weighted by atomic mass is 35.5. The quantitative estimate of drug-likeness (QED) is 0.199. The van der Waals surface area contributed by atoms with Gasteiger partial charge in [-0.1, -0.05) is 11.6 Å². The topological polar surface area (TPSA) is 196 Å². The molecule has 4 N–H and O–H groups in total. The van der Waals surface area contributed by atoms with Gasteiger partial charge in [0, 0.05) is 76.3 Å². The minimum atomic E-state index is -4.83. The highest BCUT2D eigenvalue weighted by Gasteiger charge is 2.55. The number of quaternary nitrogens is 1. The molecule has 1 spiro atoms. The first-order valence-corrected chi connectivity index (χ1v) is 19.8. The Hall–Kier alpha value is -5.53. The molecule has 3 amide bonds. The second-order valence-electron chi connectivity index (χ2n) is 16.2. The van der Waals surface area contributed by atoms with Gasteiger partial charge in [-0.25, -0.2) is 14.6 Å². The van der Waals surface area contributed by atoms with E-state index in [4.69, 9.17) is 17.3 Å². The average molecular weight is 838 g/mol. The number of imidazole rings is 1. The lowest BCUT2D eigenvalue weighted by Gasteiger charge is -2.48. The summed E-state index contributed by atoms with van der Waals surface area (Å²) in [6.07, 6.45) is 1.50. The van der Waals surface area contributed by atoms with Gasteiger partial charge < -0.3 is 45.1 Å². The Kier molecular flexibility index (Phi) is 10.4. The Morgan fingerprint density at radius 2 is 1.81 bits per heavy atom. The largest absolute Gasteiger partial charge is 0.544 e. The van der Waals surface area contributed by atoms with Gasteiger partial charge in [0.25, 0.3) is 11.8 Å². The maximum atomic E-state index is 14.1. The van der Waals surface area contributed by atoms with E-state index in [9.17, 15) is 37.5 Å². The number of piperazine rings is 1. The highest BCUT2D eigenvalue weighted by Crippen LogP contribution is 2.46. The number of carbonyl (C=O) groups excluding carboxylic acids is 4. The number of anilines is 2. The van der Waals surface area contributed by atoms with Crippen molar-refractivity contribution in [3.63, 3.8) is 0 Å². The molecule has 4 aromatic rings. The van der Waals surface area contributed by atoms with Crippen LogP contribution in [0.1, 0.15) is 52.4 Å². The summed E-state index contributed by atoms with van der Waals surface area (Å²) in [5.41, 5.74) is 4.44. The number of hydrogen-bond donors (Lipinski definition) is 3. The summed E-state index contributed by atoms with van der Waals surface area (Å²) < 4.78 is 45.0. The second-order valence-corrected chi connectivity index (χ2v) is 16.6. The molecule has 312 valence electrons. The van der Waals surface area contributed by atoms with Gasteiger partial charge in [0.2, 0.25) is 5.91 Å². The zero-order valence-corrected chi connectivity index (χ0v) is 32.9. The number of carbonyl (C=O) groups is 4. The summed E-state index contributed by atoms with van der Waals surface area (Å²) in [6.45, 7) is 4.73. The summed E-state index contributed by atoms with van der Waals surface area (Å²) in [6, 6.07) is 7.32. The molecule has 16 nitrogen and oxygen atoms in total. The number of carboxylic acid groups (broad SMARTS) is 1. The van der Waals surface area contributed by atoms with Crippen LogP contribution in [0.5, 0.6) is 0 Å². The summed E-state index contributed by atoms with van der Waals surface area (Å²) in [7, 11) is 1.40. The number of amides is 3. The Bertz CT molecular complexity index is 2300. The molecular weight excluding hydrogens is 795 g/mol. The van der Waals surface area contributed by atoms with Gasteiger partial charge >= 0.3 is 6.18 Å². The minimum Gasteiger partial charge on any atom is -0.544 e. The monoisotopic (exact) mass is 837 g/mol. The van der Waals surface area contributed by atoms with Gasteiger partial charge in [0.1, 0.15) is 6.54 Å². The van der Waals surface area contributed by atoms with Gasteiger partial charge in [-0.3, -0.25) is 14.4 Å². The molecule has 1 saturated carbocycles. The van der Waals surface area contributed by atoms with Crippen LogP contribution in [0.4, 0.5) is 24.5 Å². The van der Waals surface area contributed by atoms with Crippen LogP contribution in [0.3, 0.4) is 0 Å². The number of rotatable bonds is 10. The third kappa shape index (κ3) is 7.97. The smallest absolute Gasteiger partial charge is 0.435 e. The number of aliphatic carboxylic acids is 1. The fourth-order valence-electron chi connectivity index (χ4n) is 8.77. The predicted octanol–water partition coefficient (Wildman–Crippen LogP) is 2.19. The minimum absolute atomic E-state index is 0.0240. The van der Waals surface area contributed by atoms with E-state index in [1.165, 1.54) is 48.1 Å². The molecule has 0 atom stereocenters. The molecule has 20 heteroatoms. The average Bonchev–Trinajstić information content (AvgIpc) is 3.58. The normalized spacial score (nSPS) is 21.6. The number of nitrogen functional groups attached to an aromatic ring is 1. The number of piperidine rings is 1. The van der Waals surface area contributed by atoms with Crippen molar-refractivity contribution in [1.82, 2.24) is 39.4 Å². The van der Waals surface area contributed by atoms with Crippen LogP contribution in [0.15, 0.2) is 48.9 Å². The molecule has 59 heavy (non-hydrogen) atoms. The molecule has 0 unspecified atom stereocenters. The summed E-state index contributed by atoms with van der Waals surface area (Å²) in [5.74, 6) is -1.92. The van der Waals surface area contributed by atoms with E-state index >= 15 is 0 Å². The van der Waals surface area contributed by atoms with E-state index < -0.39 is 29.3 Å². The number of aromatic nitrogens is 5. The third-order valence-electron chi connectivity index (χ3n) is 12.2. The molecule has 4 fully saturated rings. The Balaban J connectivity index is 0.905. The van der Waals surface area contributed by atoms with Gasteiger partial charge in [0.05, 0.1) is 71.1 Å². The molecule has 8 rings (SSSR count). The first kappa shape index (κ1) is 40.3. The third-order valence-corrected chi connectivity index (χ3v) is 12.5. The lowest BCUT2D eigenvalue weighted by atomic mass is 9.90. The maximum absolute atomic E-state index is 14.1. The SMILES string of the molecule is Cn1c(-c2cn(-c3ccc(N)cn3)nc2C(F)(F)F)cnc1C(=O)Nc1ccc(C(=O)N2CCN(C(=O)C3CC[N+](CC(=O)[O-])(CC4CNC4)CC3)C3(CC3)C2)c(Cl)c1. The van der Waals surface area contributed by atoms with E-state index in [0.717, 1.165) is 49.6 Å². The maximum Gasteiger partial charge on any atom is 0.435 e. The second kappa shape index (κ2) is 15.3. The van der Waals surface area contributed by atoms with Crippen molar-refractivity contribution in [2.45, 2.75) is 37.4 Å². The van der Waals surface area contributed by atoms with Crippen molar-refractivity contribution in [1.29, 1.82) is 0 Å². The molecule has 3 aromatic heterocycles. The van der Waals surface area contributed by atoms with E-state index in [2.05, 4.69) is 25.7 Å². The molecule has 0 bridgehead atoms. The van der Waals surface area contributed by atoms with E-state index in [0.29, 0.717) is 61.7 Å². The number of pyridine rings is 1. The van der Waals surface area contributed by atoms with Crippen molar-refractivity contribution >= 4 is 46.7 Å². The number of nitrogens with one attached hydrogen (secondary N) is 2. The van der Waals surface area contributed by atoms with Crippen molar-refractivity contribution in [3.8, 4) is 17.1 Å². The summed E-state index contributed by atoms with van der Waals surface area (Å²) >= 11 is 6.62. The lowest BCUT2D eigenvalue weighted by Crippen LogP contribution is -2.64. The van der Waals surface area contributed by atoms with Gasteiger partial charge in [-0.15, -0.1) is 0 Å². The van der Waals surface area contributed by atoms with Crippen molar-refractivity contribution in [3.05, 3.63) is 71.0 Å². The number of alkyl halides is 3. The Morgan fingerprint density at radius 1 is 1.07 bits per heavy atom. The number of halogens is 4. The standard InChI is InChI=1S/C39H43ClF3N11O5/c1-50-30(28-19-53(49-33(28)39(41,42)43)31-5-2-25(44)17-46-31)18-47-34(50)35(57)48-26-3-4-27(29(40)14-26)37(59)51-10-11-52(38(22-51)8-9-38)36(58)24-6-12-54(13-7-24,21-32(55)56)20-23-15-45-16-23/h2-5,14,17-19,23-24,45H,6-13,15-16,20-22,44H2,1H3,(H-,48,55,56,57,59). The molecular formula is C39H43ClF3N11O5. The molecule has 4 aliphatic rings. The fraction of sp³-hybridized carbons (Fsp3) is 0.462. The Morgan fingerprint density at radius 3 is 2.42 bits per heavy atom. The fourth-order valence-corrected chi connectivity index (χ4v) is 9.03. The van der Waals surface area contributed by atoms with Crippen LogP contribution < -0.4 is 21.5 Å². The van der Waals surface area contributed by atoms with Gasteiger partial charge in [-0.2, -0.15) is 18.3 Å². The van der Waals surface area contributed by atoms with Crippen LogP contribution in [-0.4, -0.2) is 127 Å². The first-order chi connectivity index (χ1) is 28.0. The van der Waals surface area contributed by atoms with E-state index in [1.54, 1.807) is 4.90 Å². The number of likely N-dealkylation sites (tertiary alicyclic amines) is 1. The number of nitrogens with zero attached hydrogens (tertiary/aromatic N) is 8. The van der Waals surface area contributed by atoms with Crippen molar-refractivity contribution < 1.29 is 41.9 Å². The zero-order chi connectivity index (χ0) is 41.9. The van der Waals surface area contributed by atoms with Gasteiger partial charge in [-0.05, 0) is 43.2 Å².